The Bertz CT molecular complexity index is 1640. The Morgan fingerprint density at radius 3 is 2.51 bits per heavy atom. The van der Waals surface area contributed by atoms with E-state index in [2.05, 4.69) is 10.2 Å². The maximum absolute atomic E-state index is 13.3. The maximum Gasteiger partial charge on any atom is 0.360 e. The van der Waals surface area contributed by atoms with E-state index in [1.807, 2.05) is 43.3 Å². The lowest BCUT2D eigenvalue weighted by Crippen LogP contribution is -2.39. The van der Waals surface area contributed by atoms with E-state index < -0.39 is 11.5 Å². The van der Waals surface area contributed by atoms with Crippen LogP contribution in [0.1, 0.15) is 35.2 Å². The van der Waals surface area contributed by atoms with Gasteiger partial charge in [0.1, 0.15) is 34.6 Å². The average Bonchev–Trinajstić information content (AvgIpc) is 3.03. The minimum atomic E-state index is -0.632. The van der Waals surface area contributed by atoms with E-state index in [9.17, 15) is 9.59 Å². The van der Waals surface area contributed by atoms with Crippen molar-refractivity contribution < 1.29 is 28.2 Å². The highest BCUT2D eigenvalue weighted by molar-refractivity contribution is 6.05. The Morgan fingerprint density at radius 2 is 1.77 bits per heavy atom. The summed E-state index contributed by atoms with van der Waals surface area (Å²) >= 11 is 0. The molecule has 226 valence electrons. The van der Waals surface area contributed by atoms with Crippen molar-refractivity contribution in [2.75, 3.05) is 52.9 Å². The van der Waals surface area contributed by atoms with Crippen molar-refractivity contribution >= 4 is 22.6 Å². The van der Waals surface area contributed by atoms with E-state index in [-0.39, 0.29) is 11.8 Å². The van der Waals surface area contributed by atoms with Crippen LogP contribution in [0.5, 0.6) is 17.2 Å². The largest absolute Gasteiger partial charge is 0.497 e. The molecule has 9 heteroatoms. The van der Waals surface area contributed by atoms with Crippen LogP contribution in [0.2, 0.25) is 0 Å². The number of hydrogen-bond donors (Lipinski definition) is 1. The van der Waals surface area contributed by atoms with E-state index in [4.69, 9.17) is 23.4 Å². The van der Waals surface area contributed by atoms with Gasteiger partial charge in [0.05, 0.1) is 14.2 Å². The predicted octanol–water partition coefficient (Wildman–Crippen LogP) is 5.92. The molecule has 2 heterocycles. The molecule has 1 aromatic heterocycles. The lowest BCUT2D eigenvalue weighted by atomic mass is 10.0. The molecule has 0 spiro atoms. The van der Waals surface area contributed by atoms with Crippen LogP contribution in [0.15, 0.2) is 69.9 Å². The lowest BCUT2D eigenvalue weighted by molar-refractivity contribution is 0.0925. The first kappa shape index (κ1) is 30.1. The van der Waals surface area contributed by atoms with Gasteiger partial charge >= 0.3 is 5.63 Å². The second-order valence-electron chi connectivity index (χ2n) is 10.7. The molecule has 0 aliphatic carbocycles. The van der Waals surface area contributed by atoms with Crippen LogP contribution in [-0.4, -0.2) is 64.5 Å². The molecule has 0 radical (unpaired) electrons. The van der Waals surface area contributed by atoms with Crippen molar-refractivity contribution in [1.29, 1.82) is 0 Å². The lowest BCUT2D eigenvalue weighted by Gasteiger charge is -2.32. The van der Waals surface area contributed by atoms with Crippen LogP contribution in [-0.2, 0) is 4.74 Å². The van der Waals surface area contributed by atoms with Gasteiger partial charge in [-0.15, -0.1) is 0 Å². The van der Waals surface area contributed by atoms with Gasteiger partial charge in [0, 0.05) is 55.4 Å². The molecule has 1 amide bonds. The molecule has 0 atom stereocenters. The Kier molecular flexibility index (Phi) is 9.64. The third-order valence-electron chi connectivity index (χ3n) is 7.84. The van der Waals surface area contributed by atoms with Crippen LogP contribution >= 0.6 is 0 Å². The van der Waals surface area contributed by atoms with E-state index in [0.717, 1.165) is 62.2 Å². The molecular weight excluding hydrogens is 548 g/mol. The van der Waals surface area contributed by atoms with E-state index in [1.54, 1.807) is 45.6 Å². The molecule has 0 bridgehead atoms. The maximum atomic E-state index is 13.3. The molecular formula is C34H38N2O7. The van der Waals surface area contributed by atoms with Crippen molar-refractivity contribution in [1.82, 2.24) is 4.90 Å². The molecule has 1 saturated heterocycles. The standard InChI is InChI=1S/C34H38N2O7/c1-22-30(42-26-13-16-36(17-14-26)15-6-18-39-2)11-9-24-21-29(34(38)43-32(22)24)35-33(37)25-10-12-31(41-4)28(20-25)23-7-5-8-27(19-23)40-3/h5,7-12,19-21,26H,6,13-18H2,1-4H3,(H,35,37). The molecule has 0 unspecified atom stereocenters. The SMILES string of the molecule is COCCCN1CCC(Oc2ccc3cc(NC(=O)c4ccc(OC)c(-c5cccc(OC)c5)c4)c(=O)oc3c2C)CC1. The molecule has 1 aliphatic heterocycles. The van der Waals surface area contributed by atoms with Crippen LogP contribution < -0.4 is 25.2 Å². The van der Waals surface area contributed by atoms with E-state index >= 15 is 0 Å². The fourth-order valence-electron chi connectivity index (χ4n) is 5.44. The number of nitrogens with one attached hydrogen (secondary N) is 1. The highest BCUT2D eigenvalue weighted by Gasteiger charge is 2.22. The summed E-state index contributed by atoms with van der Waals surface area (Å²) in [6, 6.07) is 18.0. The van der Waals surface area contributed by atoms with Crippen molar-refractivity contribution in [3.8, 4) is 28.4 Å². The first-order valence-corrected chi connectivity index (χ1v) is 14.5. The normalized spacial score (nSPS) is 14.0. The number of aryl methyl sites for hydroxylation is 1. The summed E-state index contributed by atoms with van der Waals surface area (Å²) in [4.78, 5) is 28.7. The smallest absolute Gasteiger partial charge is 0.360 e. The Morgan fingerprint density at radius 1 is 0.977 bits per heavy atom. The van der Waals surface area contributed by atoms with Gasteiger partial charge in [0.2, 0.25) is 0 Å². The van der Waals surface area contributed by atoms with Gasteiger partial charge in [-0.1, -0.05) is 12.1 Å². The summed E-state index contributed by atoms with van der Waals surface area (Å²) in [6.45, 7) is 5.65. The van der Waals surface area contributed by atoms with Gasteiger partial charge in [-0.05, 0) is 80.3 Å². The van der Waals surface area contributed by atoms with Crippen LogP contribution in [0.3, 0.4) is 0 Å². The average molecular weight is 587 g/mol. The summed E-state index contributed by atoms with van der Waals surface area (Å²) in [5.74, 6) is 1.56. The number of likely N-dealkylation sites (tertiary alicyclic amines) is 1. The number of amides is 1. The Hall–Kier alpha value is -4.34. The zero-order valence-electron chi connectivity index (χ0n) is 25.1. The first-order chi connectivity index (χ1) is 20.9. The molecule has 1 aliphatic rings. The zero-order valence-corrected chi connectivity index (χ0v) is 25.1. The van der Waals surface area contributed by atoms with Crippen molar-refractivity contribution in [2.24, 2.45) is 0 Å². The Labute approximate surface area is 251 Å². The van der Waals surface area contributed by atoms with Gasteiger partial charge in [-0.2, -0.15) is 0 Å². The van der Waals surface area contributed by atoms with E-state index in [0.29, 0.717) is 33.8 Å². The fourth-order valence-corrected chi connectivity index (χ4v) is 5.44. The number of piperidine rings is 1. The number of nitrogens with zero attached hydrogens (tertiary/aromatic N) is 1. The van der Waals surface area contributed by atoms with Crippen LogP contribution in [0, 0.1) is 6.92 Å². The van der Waals surface area contributed by atoms with Crippen molar-refractivity contribution in [2.45, 2.75) is 32.3 Å². The van der Waals surface area contributed by atoms with Gasteiger partial charge in [0.15, 0.2) is 0 Å². The van der Waals surface area contributed by atoms with Crippen molar-refractivity contribution in [3.05, 3.63) is 82.2 Å². The number of carbonyl (C=O) groups is 1. The van der Waals surface area contributed by atoms with Gasteiger partial charge in [-0.25, -0.2) is 4.79 Å². The third-order valence-corrected chi connectivity index (χ3v) is 7.84. The number of ether oxygens (including phenoxy) is 4. The first-order valence-electron chi connectivity index (χ1n) is 14.5. The summed E-state index contributed by atoms with van der Waals surface area (Å²) in [5.41, 5.74) is 2.55. The molecule has 9 nitrogen and oxygen atoms in total. The monoisotopic (exact) mass is 586 g/mol. The molecule has 3 aromatic carbocycles. The summed E-state index contributed by atoms with van der Waals surface area (Å²) in [6.07, 6.45) is 3.00. The van der Waals surface area contributed by atoms with Crippen molar-refractivity contribution in [3.63, 3.8) is 0 Å². The minimum absolute atomic E-state index is 0.0603. The quantitative estimate of drug-likeness (QED) is 0.171. The number of methoxy groups -OCH3 is 3. The minimum Gasteiger partial charge on any atom is -0.497 e. The van der Waals surface area contributed by atoms with Crippen LogP contribution in [0.25, 0.3) is 22.1 Å². The van der Waals surface area contributed by atoms with E-state index in [1.165, 1.54) is 0 Å². The summed E-state index contributed by atoms with van der Waals surface area (Å²) in [7, 11) is 4.90. The molecule has 1 fully saturated rings. The number of rotatable bonds is 11. The second kappa shape index (κ2) is 13.8. The number of benzene rings is 3. The second-order valence-corrected chi connectivity index (χ2v) is 10.7. The fraction of sp³-hybridized carbons (Fsp3) is 0.353. The summed E-state index contributed by atoms with van der Waals surface area (Å²) < 4.78 is 28.1. The molecule has 1 N–H and O–H groups in total. The molecule has 4 aromatic rings. The van der Waals surface area contributed by atoms with Gasteiger partial charge in [-0.3, -0.25) is 4.79 Å². The number of hydrogen-bond acceptors (Lipinski definition) is 8. The number of fused-ring (bicyclic) bond motifs is 1. The van der Waals surface area contributed by atoms with Gasteiger partial charge < -0.3 is 33.6 Å². The number of carbonyl (C=O) groups excluding carboxylic acids is 1. The number of anilines is 1. The molecule has 43 heavy (non-hydrogen) atoms. The summed E-state index contributed by atoms with van der Waals surface area (Å²) in [5, 5.41) is 3.42. The third kappa shape index (κ3) is 7.01. The molecule has 5 rings (SSSR count). The van der Waals surface area contributed by atoms with Gasteiger partial charge in [0.25, 0.3) is 5.91 Å². The molecule has 0 saturated carbocycles. The topological polar surface area (TPSA) is 99.5 Å². The highest BCUT2D eigenvalue weighted by atomic mass is 16.5. The van der Waals surface area contributed by atoms with Crippen LogP contribution in [0.4, 0.5) is 5.69 Å². The highest BCUT2D eigenvalue weighted by Crippen LogP contribution is 2.34. The predicted molar refractivity (Wildman–Crippen MR) is 167 cm³/mol. The zero-order chi connectivity index (χ0) is 30.3. The Balaban J connectivity index is 1.31.